The molecular formula is C19H26FN9O. The first-order chi connectivity index (χ1) is 14.5. The van der Waals surface area contributed by atoms with Crippen LogP contribution in [0.4, 0.5) is 15.8 Å². The highest BCUT2D eigenvalue weighted by atomic mass is 19.1. The largest absolute Gasteiger partial charge is 0.374 e. The number of carbonyl (C=O) groups is 1. The molecule has 5 N–H and O–H groups in total. The third-order valence-electron chi connectivity index (χ3n) is 5.77. The van der Waals surface area contributed by atoms with E-state index in [-0.39, 0.29) is 12.1 Å². The number of nitrogens with one attached hydrogen (secondary N) is 3. The molecule has 2 saturated heterocycles. The number of halogens is 1. The maximum absolute atomic E-state index is 14.7. The predicted molar refractivity (Wildman–Crippen MR) is 109 cm³/mol. The molecular weight excluding hydrogens is 389 g/mol. The summed E-state index contributed by atoms with van der Waals surface area (Å²) in [6.07, 6.45) is 3.72. The smallest absolute Gasteiger partial charge is 0.234 e. The van der Waals surface area contributed by atoms with Gasteiger partial charge in [0.2, 0.25) is 5.91 Å². The molecule has 1 aromatic rings. The summed E-state index contributed by atoms with van der Waals surface area (Å²) in [5.41, 5.74) is 10.9. The zero-order valence-corrected chi connectivity index (χ0v) is 16.8. The minimum Gasteiger partial charge on any atom is -0.374 e. The van der Waals surface area contributed by atoms with Gasteiger partial charge in [0.15, 0.2) is 5.82 Å². The van der Waals surface area contributed by atoms with Gasteiger partial charge in [0, 0.05) is 32.7 Å². The summed E-state index contributed by atoms with van der Waals surface area (Å²) >= 11 is 0. The van der Waals surface area contributed by atoms with E-state index in [1.807, 2.05) is 17.0 Å². The fourth-order valence-corrected chi connectivity index (χ4v) is 4.15. The Morgan fingerprint density at radius 3 is 2.90 bits per heavy atom. The summed E-state index contributed by atoms with van der Waals surface area (Å²) < 4.78 is 14.7. The lowest BCUT2D eigenvalue weighted by Gasteiger charge is -2.35. The number of hydrogen-bond donors (Lipinski definition) is 4. The molecule has 3 unspecified atom stereocenters. The zero-order chi connectivity index (χ0) is 21.3. The Kier molecular flexibility index (Phi) is 5.83. The Hall–Kier alpha value is -2.78. The minimum absolute atomic E-state index is 0.299. The number of hydrazine groups is 1. The van der Waals surface area contributed by atoms with E-state index in [0.29, 0.717) is 37.4 Å². The van der Waals surface area contributed by atoms with E-state index in [2.05, 4.69) is 32.0 Å². The summed E-state index contributed by atoms with van der Waals surface area (Å²) in [6, 6.07) is 2.12. The fraction of sp³-hybridized carbons (Fsp3) is 0.526. The number of amides is 1. The number of nitrogens with zero attached hydrogens (tertiary/aromatic N) is 5. The number of pyridine rings is 1. The van der Waals surface area contributed by atoms with Crippen molar-refractivity contribution in [3.8, 4) is 6.07 Å². The van der Waals surface area contributed by atoms with Crippen molar-refractivity contribution >= 4 is 17.3 Å². The summed E-state index contributed by atoms with van der Waals surface area (Å²) in [7, 11) is 2.02. The Morgan fingerprint density at radius 2 is 2.17 bits per heavy atom. The molecule has 160 valence electrons. The van der Waals surface area contributed by atoms with Crippen LogP contribution in [-0.4, -0.2) is 72.9 Å². The maximum atomic E-state index is 14.7. The highest BCUT2D eigenvalue weighted by Crippen LogP contribution is 2.31. The Balaban J connectivity index is 1.52. The number of anilines is 2. The van der Waals surface area contributed by atoms with Gasteiger partial charge in [-0.1, -0.05) is 0 Å². The molecule has 4 heterocycles. The summed E-state index contributed by atoms with van der Waals surface area (Å²) in [5.74, 6) is -1.41. The van der Waals surface area contributed by atoms with Gasteiger partial charge < -0.3 is 26.2 Å². The van der Waals surface area contributed by atoms with Crippen molar-refractivity contribution in [2.75, 3.05) is 50.0 Å². The average Bonchev–Trinajstić information content (AvgIpc) is 3.04. The third-order valence-corrected chi connectivity index (χ3v) is 5.77. The van der Waals surface area contributed by atoms with Crippen LogP contribution < -0.4 is 26.7 Å². The van der Waals surface area contributed by atoms with E-state index in [0.717, 1.165) is 24.9 Å². The molecule has 0 spiro atoms. The van der Waals surface area contributed by atoms with Gasteiger partial charge in [0.05, 0.1) is 36.7 Å². The predicted octanol–water partition coefficient (Wildman–Crippen LogP) is -0.641. The molecule has 3 aliphatic heterocycles. The fourth-order valence-electron chi connectivity index (χ4n) is 4.15. The van der Waals surface area contributed by atoms with Crippen LogP contribution in [0.25, 0.3) is 0 Å². The van der Waals surface area contributed by atoms with Crippen LogP contribution in [0.5, 0.6) is 0 Å². The second-order valence-corrected chi connectivity index (χ2v) is 7.85. The number of fused-ring (bicyclic) bond motifs is 1. The molecule has 3 aliphatic rings. The molecule has 0 aromatic carbocycles. The Bertz CT molecular complexity index is 877. The third kappa shape index (κ3) is 3.95. The number of rotatable bonds is 4. The van der Waals surface area contributed by atoms with Crippen LogP contribution in [0, 0.1) is 23.1 Å². The standard InChI is InChI=1S/C19H26FN9O/c1-27-4-6-28(7-5-27)16-13(20)9-23-10-14(16)25-19(30)15-17(22)26-29-11-12(2-3-21)8-24-18(15)29/h8-10,15,17-18,24,26H,2,4-7,11,22H2,1H3,(H,25,30). The maximum Gasteiger partial charge on any atom is 0.234 e. The number of likely N-dealkylation sites (N-methyl/N-ethyl adjacent to an activating group) is 1. The normalized spacial score (nSPS) is 27.1. The SMILES string of the molecule is CN1CCN(c2c(F)cncc2NC(=O)C2C(N)NN3CC(CC#N)=CNC23)CC1. The number of carbonyl (C=O) groups excluding carboxylic acids is 1. The highest BCUT2D eigenvalue weighted by Gasteiger charge is 2.45. The van der Waals surface area contributed by atoms with Crippen LogP contribution in [0.3, 0.4) is 0 Å². The summed E-state index contributed by atoms with van der Waals surface area (Å²) in [5, 5.41) is 16.7. The van der Waals surface area contributed by atoms with Crippen LogP contribution in [0.1, 0.15) is 6.42 Å². The lowest BCUT2D eigenvalue weighted by Crippen LogP contribution is -2.51. The van der Waals surface area contributed by atoms with Gasteiger partial charge in [0.1, 0.15) is 17.8 Å². The second-order valence-electron chi connectivity index (χ2n) is 7.85. The molecule has 30 heavy (non-hydrogen) atoms. The van der Waals surface area contributed by atoms with E-state index in [1.54, 1.807) is 6.20 Å². The van der Waals surface area contributed by atoms with Crippen LogP contribution in [0.2, 0.25) is 0 Å². The Morgan fingerprint density at radius 1 is 1.40 bits per heavy atom. The first-order valence-corrected chi connectivity index (χ1v) is 9.95. The van der Waals surface area contributed by atoms with Crippen LogP contribution >= 0.6 is 0 Å². The lowest BCUT2D eigenvalue weighted by molar-refractivity contribution is -0.121. The van der Waals surface area contributed by atoms with Gasteiger partial charge in [-0.15, -0.1) is 0 Å². The number of piperazine rings is 1. The molecule has 0 bridgehead atoms. The number of nitriles is 1. The highest BCUT2D eigenvalue weighted by molar-refractivity contribution is 5.96. The van der Waals surface area contributed by atoms with Crippen molar-refractivity contribution in [3.05, 3.63) is 30.0 Å². The number of hydrogen-bond acceptors (Lipinski definition) is 9. The minimum atomic E-state index is -0.619. The second kappa shape index (κ2) is 8.53. The molecule has 2 fully saturated rings. The number of aromatic nitrogens is 1. The van der Waals surface area contributed by atoms with Crippen molar-refractivity contribution in [2.45, 2.75) is 18.8 Å². The van der Waals surface area contributed by atoms with Crippen LogP contribution in [-0.2, 0) is 4.79 Å². The van der Waals surface area contributed by atoms with Crippen molar-refractivity contribution in [1.82, 2.24) is 25.6 Å². The molecule has 1 aromatic heterocycles. The van der Waals surface area contributed by atoms with Gasteiger partial charge in [-0.25, -0.2) is 14.8 Å². The van der Waals surface area contributed by atoms with E-state index < -0.39 is 17.9 Å². The molecule has 11 heteroatoms. The molecule has 0 aliphatic carbocycles. The van der Waals surface area contributed by atoms with Crippen LogP contribution in [0.15, 0.2) is 24.2 Å². The quantitative estimate of drug-likeness (QED) is 0.508. The first kappa shape index (κ1) is 20.5. The van der Waals surface area contributed by atoms with Gasteiger partial charge in [-0.2, -0.15) is 5.26 Å². The summed E-state index contributed by atoms with van der Waals surface area (Å²) in [4.78, 5) is 21.2. The summed E-state index contributed by atoms with van der Waals surface area (Å²) in [6.45, 7) is 3.44. The monoisotopic (exact) mass is 415 g/mol. The van der Waals surface area contributed by atoms with E-state index in [4.69, 9.17) is 11.0 Å². The average molecular weight is 415 g/mol. The number of nitrogens with two attached hydrogens (primary N) is 1. The van der Waals surface area contributed by atoms with E-state index in [1.165, 1.54) is 6.20 Å². The van der Waals surface area contributed by atoms with E-state index in [9.17, 15) is 9.18 Å². The molecule has 1 amide bonds. The van der Waals surface area contributed by atoms with Gasteiger partial charge in [0.25, 0.3) is 0 Å². The zero-order valence-electron chi connectivity index (χ0n) is 16.8. The van der Waals surface area contributed by atoms with Crippen molar-refractivity contribution in [1.29, 1.82) is 5.26 Å². The van der Waals surface area contributed by atoms with Gasteiger partial charge >= 0.3 is 0 Å². The van der Waals surface area contributed by atoms with E-state index >= 15 is 0 Å². The van der Waals surface area contributed by atoms with Crippen molar-refractivity contribution in [2.24, 2.45) is 11.7 Å². The molecule has 10 nitrogen and oxygen atoms in total. The molecule has 3 atom stereocenters. The molecule has 0 radical (unpaired) electrons. The first-order valence-electron chi connectivity index (χ1n) is 9.95. The van der Waals surface area contributed by atoms with Crippen molar-refractivity contribution in [3.63, 3.8) is 0 Å². The molecule has 0 saturated carbocycles. The Labute approximate surface area is 174 Å². The van der Waals surface area contributed by atoms with Crippen molar-refractivity contribution < 1.29 is 9.18 Å². The lowest BCUT2D eigenvalue weighted by atomic mass is 10.0. The van der Waals surface area contributed by atoms with Gasteiger partial charge in [-0.3, -0.25) is 9.78 Å². The molecule has 4 rings (SSSR count). The van der Waals surface area contributed by atoms with Gasteiger partial charge in [-0.05, 0) is 18.8 Å². The topological polar surface area (TPSA) is 126 Å².